The highest BCUT2D eigenvalue weighted by Crippen LogP contribution is 2.20. The molecule has 0 bridgehead atoms. The lowest BCUT2D eigenvalue weighted by Gasteiger charge is -2.16. The van der Waals surface area contributed by atoms with Gasteiger partial charge in [0, 0.05) is 18.1 Å². The molecule has 3 rings (SSSR count). The van der Waals surface area contributed by atoms with Crippen LogP contribution in [0.4, 0.5) is 5.69 Å². The minimum absolute atomic E-state index is 0.170. The van der Waals surface area contributed by atoms with Crippen molar-refractivity contribution in [1.29, 1.82) is 0 Å². The van der Waals surface area contributed by atoms with Gasteiger partial charge in [-0.05, 0) is 74.2 Å². The Morgan fingerprint density at radius 1 is 1.00 bits per heavy atom. The molecule has 2 aromatic carbocycles. The zero-order chi connectivity index (χ0) is 19.2. The van der Waals surface area contributed by atoms with Crippen molar-refractivity contribution < 1.29 is 9.53 Å². The van der Waals surface area contributed by atoms with Crippen LogP contribution in [0.1, 0.15) is 29.2 Å². The Labute approximate surface area is 160 Å². The van der Waals surface area contributed by atoms with Gasteiger partial charge >= 0.3 is 0 Å². The highest BCUT2D eigenvalue weighted by molar-refractivity contribution is 5.94. The summed E-state index contributed by atoms with van der Waals surface area (Å²) >= 11 is 0. The number of amides is 1. The fraction of sp³-hybridized carbons (Fsp3) is 0.217. The van der Waals surface area contributed by atoms with Gasteiger partial charge in [-0.2, -0.15) is 0 Å². The molecule has 0 spiro atoms. The second-order valence-corrected chi connectivity index (χ2v) is 6.75. The normalized spacial score (nSPS) is 11.7. The lowest BCUT2D eigenvalue weighted by molar-refractivity contribution is -0.122. The Morgan fingerprint density at radius 3 is 2.33 bits per heavy atom. The van der Waals surface area contributed by atoms with Crippen LogP contribution in [-0.2, 0) is 11.2 Å². The Bertz CT molecular complexity index is 905. The van der Waals surface area contributed by atoms with Gasteiger partial charge in [-0.25, -0.2) is 0 Å². The molecule has 1 N–H and O–H groups in total. The number of pyridine rings is 1. The first-order chi connectivity index (χ1) is 13.0. The number of ether oxygens (including phenoxy) is 1. The molecule has 138 valence electrons. The van der Waals surface area contributed by atoms with Crippen LogP contribution in [0.15, 0.2) is 67.0 Å². The second-order valence-electron chi connectivity index (χ2n) is 6.75. The van der Waals surface area contributed by atoms with Gasteiger partial charge in [0.2, 0.25) is 0 Å². The van der Waals surface area contributed by atoms with E-state index in [1.54, 1.807) is 19.3 Å². The van der Waals surface area contributed by atoms with Gasteiger partial charge in [0.25, 0.3) is 5.91 Å². The number of nitrogens with one attached hydrogen (secondary N) is 1. The topological polar surface area (TPSA) is 51.2 Å². The summed E-state index contributed by atoms with van der Waals surface area (Å²) in [5.41, 5.74) is 5.34. The number of carbonyl (C=O) groups excluding carboxylic acids is 1. The van der Waals surface area contributed by atoms with Crippen LogP contribution in [0.3, 0.4) is 0 Å². The molecule has 1 aromatic heterocycles. The summed E-state index contributed by atoms with van der Waals surface area (Å²) in [6.45, 7) is 5.77. The number of anilines is 1. The van der Waals surface area contributed by atoms with Crippen LogP contribution in [0.5, 0.6) is 5.75 Å². The maximum Gasteiger partial charge on any atom is 0.265 e. The molecule has 3 aromatic rings. The summed E-state index contributed by atoms with van der Waals surface area (Å²) < 4.78 is 5.82. The van der Waals surface area contributed by atoms with Crippen molar-refractivity contribution in [2.75, 3.05) is 5.32 Å². The fourth-order valence-corrected chi connectivity index (χ4v) is 2.86. The molecule has 4 nitrogen and oxygen atoms in total. The van der Waals surface area contributed by atoms with Gasteiger partial charge < -0.3 is 10.1 Å². The zero-order valence-corrected chi connectivity index (χ0v) is 15.9. The Morgan fingerprint density at radius 2 is 1.67 bits per heavy atom. The van der Waals surface area contributed by atoms with Crippen LogP contribution in [-0.4, -0.2) is 17.0 Å². The minimum atomic E-state index is -0.581. The molecule has 1 atom stereocenters. The van der Waals surface area contributed by atoms with Crippen molar-refractivity contribution >= 4 is 11.6 Å². The molecule has 0 aliphatic carbocycles. The summed E-state index contributed by atoms with van der Waals surface area (Å²) in [7, 11) is 0. The van der Waals surface area contributed by atoms with Crippen molar-refractivity contribution in [3.05, 3.63) is 89.2 Å². The molecule has 0 saturated carbocycles. The quantitative estimate of drug-likeness (QED) is 0.693. The van der Waals surface area contributed by atoms with Gasteiger partial charge in [-0.1, -0.05) is 29.8 Å². The van der Waals surface area contributed by atoms with E-state index in [1.165, 1.54) is 16.7 Å². The van der Waals surface area contributed by atoms with Crippen molar-refractivity contribution in [2.24, 2.45) is 0 Å². The van der Waals surface area contributed by atoms with Crippen molar-refractivity contribution in [2.45, 2.75) is 33.3 Å². The number of nitrogens with zero attached hydrogens (tertiary/aromatic N) is 1. The van der Waals surface area contributed by atoms with E-state index in [4.69, 9.17) is 4.74 Å². The van der Waals surface area contributed by atoms with Crippen LogP contribution < -0.4 is 10.1 Å². The standard InChI is InChI=1S/C23H24N2O2/c1-16-4-9-22(17(2)14-16)27-18(3)23(26)25-21-7-5-19(6-8-21)15-20-10-12-24-13-11-20/h4-14,18H,15H2,1-3H3,(H,25,26). The highest BCUT2D eigenvalue weighted by Gasteiger charge is 2.16. The predicted molar refractivity (Wildman–Crippen MR) is 108 cm³/mol. The molecule has 0 radical (unpaired) electrons. The second kappa shape index (κ2) is 8.49. The van der Waals surface area contributed by atoms with Crippen LogP contribution in [0.2, 0.25) is 0 Å². The van der Waals surface area contributed by atoms with E-state index in [0.717, 1.165) is 23.4 Å². The molecule has 1 heterocycles. The number of hydrogen-bond donors (Lipinski definition) is 1. The van der Waals surface area contributed by atoms with Crippen LogP contribution in [0, 0.1) is 13.8 Å². The summed E-state index contributed by atoms with van der Waals surface area (Å²) in [6, 6.07) is 17.8. The summed E-state index contributed by atoms with van der Waals surface area (Å²) in [5.74, 6) is 0.563. The number of carbonyl (C=O) groups is 1. The maximum absolute atomic E-state index is 12.4. The maximum atomic E-state index is 12.4. The third kappa shape index (κ3) is 5.17. The number of hydrogen-bond acceptors (Lipinski definition) is 3. The van der Waals surface area contributed by atoms with E-state index in [9.17, 15) is 4.79 Å². The summed E-state index contributed by atoms with van der Waals surface area (Å²) in [6.07, 6.45) is 3.84. The monoisotopic (exact) mass is 360 g/mol. The smallest absolute Gasteiger partial charge is 0.265 e. The molecular formula is C23H24N2O2. The molecular weight excluding hydrogens is 336 g/mol. The first-order valence-corrected chi connectivity index (χ1v) is 9.04. The molecule has 0 fully saturated rings. The van der Waals surface area contributed by atoms with E-state index >= 15 is 0 Å². The third-order valence-corrected chi connectivity index (χ3v) is 4.38. The summed E-state index contributed by atoms with van der Waals surface area (Å²) in [4.78, 5) is 16.5. The highest BCUT2D eigenvalue weighted by atomic mass is 16.5. The van der Waals surface area contributed by atoms with Crippen LogP contribution in [0.25, 0.3) is 0 Å². The van der Waals surface area contributed by atoms with Crippen LogP contribution >= 0.6 is 0 Å². The Balaban J connectivity index is 1.58. The molecule has 0 saturated heterocycles. The van der Waals surface area contributed by atoms with E-state index in [1.807, 2.05) is 68.4 Å². The van der Waals surface area contributed by atoms with Crippen molar-refractivity contribution in [3.63, 3.8) is 0 Å². The average Bonchev–Trinajstić information content (AvgIpc) is 2.66. The fourth-order valence-electron chi connectivity index (χ4n) is 2.86. The van der Waals surface area contributed by atoms with Crippen molar-refractivity contribution in [3.8, 4) is 5.75 Å². The van der Waals surface area contributed by atoms with E-state index in [-0.39, 0.29) is 5.91 Å². The lowest BCUT2D eigenvalue weighted by Crippen LogP contribution is -2.30. The largest absolute Gasteiger partial charge is 0.481 e. The number of aromatic nitrogens is 1. The SMILES string of the molecule is Cc1ccc(OC(C)C(=O)Nc2ccc(Cc3ccncc3)cc2)c(C)c1. The molecule has 4 heteroatoms. The predicted octanol–water partition coefficient (Wildman–Crippen LogP) is 4.70. The van der Waals surface area contributed by atoms with Gasteiger partial charge in [-0.15, -0.1) is 0 Å². The first-order valence-electron chi connectivity index (χ1n) is 9.04. The number of aryl methyl sites for hydroxylation is 2. The van der Waals surface area contributed by atoms with E-state index in [2.05, 4.69) is 10.3 Å². The molecule has 1 amide bonds. The van der Waals surface area contributed by atoms with E-state index in [0.29, 0.717) is 0 Å². The van der Waals surface area contributed by atoms with Crippen molar-refractivity contribution in [1.82, 2.24) is 4.98 Å². The first kappa shape index (κ1) is 18.6. The zero-order valence-electron chi connectivity index (χ0n) is 15.9. The minimum Gasteiger partial charge on any atom is -0.481 e. The van der Waals surface area contributed by atoms with Gasteiger partial charge in [-0.3, -0.25) is 9.78 Å². The Hall–Kier alpha value is -3.14. The third-order valence-electron chi connectivity index (χ3n) is 4.38. The Kier molecular flexibility index (Phi) is 5.87. The molecule has 27 heavy (non-hydrogen) atoms. The molecule has 0 aliphatic rings. The van der Waals surface area contributed by atoms with Gasteiger partial charge in [0.05, 0.1) is 0 Å². The van der Waals surface area contributed by atoms with Gasteiger partial charge in [0.1, 0.15) is 5.75 Å². The molecule has 0 aliphatic heterocycles. The van der Waals surface area contributed by atoms with Gasteiger partial charge in [0.15, 0.2) is 6.10 Å². The number of rotatable bonds is 6. The lowest BCUT2D eigenvalue weighted by atomic mass is 10.1. The molecule has 1 unspecified atom stereocenters. The number of benzene rings is 2. The van der Waals surface area contributed by atoms with E-state index < -0.39 is 6.10 Å². The summed E-state index contributed by atoms with van der Waals surface area (Å²) in [5, 5.41) is 2.91. The average molecular weight is 360 g/mol.